The third-order valence-corrected chi connectivity index (χ3v) is 4.67. The number of nitrogens with zero attached hydrogens (tertiary/aromatic N) is 4. The highest BCUT2D eigenvalue weighted by atomic mass is 32.2. The van der Waals surface area contributed by atoms with Gasteiger partial charge in [-0.2, -0.15) is 0 Å². The third kappa shape index (κ3) is 3.96. The van der Waals surface area contributed by atoms with Crippen molar-refractivity contribution in [1.82, 2.24) is 24.4 Å². The van der Waals surface area contributed by atoms with Crippen molar-refractivity contribution in [3.05, 3.63) is 60.2 Å². The summed E-state index contributed by atoms with van der Waals surface area (Å²) in [6.07, 6.45) is 7.91. The highest BCUT2D eigenvalue weighted by Gasteiger charge is 2.17. The van der Waals surface area contributed by atoms with Crippen molar-refractivity contribution in [2.24, 2.45) is 0 Å². The number of nitrogens with one attached hydrogen (secondary N) is 1. The molecule has 0 saturated carbocycles. The molecule has 0 bridgehead atoms. The number of hydrogen-bond acceptors (Lipinski definition) is 4. The van der Waals surface area contributed by atoms with Gasteiger partial charge in [-0.05, 0) is 43.9 Å². The van der Waals surface area contributed by atoms with E-state index in [4.69, 9.17) is 0 Å². The van der Waals surface area contributed by atoms with E-state index in [1.807, 2.05) is 23.9 Å². The summed E-state index contributed by atoms with van der Waals surface area (Å²) >= 11 is 1.43. The normalized spacial score (nSPS) is 10.9. The lowest BCUT2D eigenvalue weighted by Crippen LogP contribution is -2.27. The zero-order valence-electron chi connectivity index (χ0n) is 14.6. The second-order valence-electron chi connectivity index (χ2n) is 5.72. The molecule has 0 fully saturated rings. The summed E-state index contributed by atoms with van der Waals surface area (Å²) in [5, 5.41) is 3.60. The van der Waals surface area contributed by atoms with Crippen LogP contribution in [0.5, 0.6) is 0 Å². The number of carbonyl (C=O) groups excluding carboxylic acids is 1. The first-order valence-corrected chi connectivity index (χ1v) is 9.46. The Morgan fingerprint density at radius 3 is 2.69 bits per heavy atom. The predicted octanol–water partition coefficient (Wildman–Crippen LogP) is 3.06. The first-order chi connectivity index (χ1) is 12.6. The molecule has 3 aromatic rings. The number of amides is 1. The summed E-state index contributed by atoms with van der Waals surface area (Å²) in [4.78, 5) is 21.1. The van der Waals surface area contributed by atoms with Crippen molar-refractivity contribution in [3.63, 3.8) is 0 Å². The molecule has 0 spiro atoms. The number of aromatic nitrogens is 4. The molecule has 0 radical (unpaired) electrons. The topological polar surface area (TPSA) is 64.7 Å². The van der Waals surface area contributed by atoms with Crippen LogP contribution in [-0.2, 0) is 6.54 Å². The van der Waals surface area contributed by atoms with E-state index in [1.165, 1.54) is 23.9 Å². The van der Waals surface area contributed by atoms with Crippen molar-refractivity contribution in [2.75, 3.05) is 12.8 Å². The molecular weight excluding hydrogens is 353 g/mol. The smallest absolute Gasteiger partial charge is 0.269 e. The summed E-state index contributed by atoms with van der Waals surface area (Å²) in [5.74, 6) is 0.431. The van der Waals surface area contributed by atoms with Crippen molar-refractivity contribution in [2.45, 2.75) is 25.0 Å². The Morgan fingerprint density at radius 1 is 1.27 bits per heavy atom. The van der Waals surface area contributed by atoms with Crippen LogP contribution in [0.4, 0.5) is 4.39 Å². The predicted molar refractivity (Wildman–Crippen MR) is 99.2 cm³/mol. The largest absolute Gasteiger partial charge is 0.351 e. The Hall–Kier alpha value is -2.61. The zero-order chi connectivity index (χ0) is 18.5. The molecule has 0 aliphatic rings. The van der Waals surface area contributed by atoms with Crippen LogP contribution in [0.25, 0.3) is 5.69 Å². The minimum atomic E-state index is -0.319. The Kier molecular flexibility index (Phi) is 5.72. The number of rotatable bonds is 7. The van der Waals surface area contributed by atoms with Gasteiger partial charge in [-0.15, -0.1) is 0 Å². The van der Waals surface area contributed by atoms with Crippen LogP contribution in [0.15, 0.2) is 48.0 Å². The maximum absolute atomic E-state index is 13.2. The summed E-state index contributed by atoms with van der Waals surface area (Å²) < 4.78 is 17.0. The molecule has 2 aromatic heterocycles. The van der Waals surface area contributed by atoms with Crippen molar-refractivity contribution < 1.29 is 9.18 Å². The van der Waals surface area contributed by atoms with Gasteiger partial charge in [0.25, 0.3) is 5.91 Å². The molecular formula is C18H20FN5OS. The van der Waals surface area contributed by atoms with Crippen LogP contribution in [-0.4, -0.2) is 37.8 Å². The van der Waals surface area contributed by atoms with Gasteiger partial charge in [0.2, 0.25) is 0 Å². The zero-order valence-corrected chi connectivity index (χ0v) is 15.5. The number of thioether (sulfide) groups is 1. The lowest BCUT2D eigenvalue weighted by atomic mass is 10.3. The van der Waals surface area contributed by atoms with Crippen LogP contribution in [0.1, 0.15) is 22.7 Å². The van der Waals surface area contributed by atoms with Gasteiger partial charge in [-0.1, -0.05) is 11.8 Å². The van der Waals surface area contributed by atoms with E-state index in [9.17, 15) is 9.18 Å². The molecule has 26 heavy (non-hydrogen) atoms. The van der Waals surface area contributed by atoms with Crippen molar-refractivity contribution >= 4 is 17.7 Å². The molecule has 3 rings (SSSR count). The van der Waals surface area contributed by atoms with E-state index >= 15 is 0 Å². The van der Waals surface area contributed by atoms with Gasteiger partial charge in [0.05, 0.1) is 6.20 Å². The summed E-state index contributed by atoms with van der Waals surface area (Å²) in [6, 6.07) is 6.01. The molecule has 0 saturated heterocycles. The van der Waals surface area contributed by atoms with Crippen LogP contribution in [0.3, 0.4) is 0 Å². The van der Waals surface area contributed by atoms with E-state index in [0.717, 1.165) is 18.8 Å². The van der Waals surface area contributed by atoms with Gasteiger partial charge in [0.1, 0.15) is 17.3 Å². The second kappa shape index (κ2) is 8.18. The number of carbonyl (C=O) groups is 1. The van der Waals surface area contributed by atoms with Crippen molar-refractivity contribution in [1.29, 1.82) is 0 Å². The molecule has 1 amide bonds. The first kappa shape index (κ1) is 18.2. The molecule has 0 aliphatic heterocycles. The first-order valence-electron chi connectivity index (χ1n) is 8.23. The maximum atomic E-state index is 13.2. The summed E-state index contributed by atoms with van der Waals surface area (Å²) in [7, 11) is 0. The highest BCUT2D eigenvalue weighted by molar-refractivity contribution is 7.98. The number of hydrogen-bond donors (Lipinski definition) is 1. The minimum absolute atomic E-state index is 0.204. The molecule has 2 heterocycles. The maximum Gasteiger partial charge on any atom is 0.269 e. The van der Waals surface area contributed by atoms with E-state index in [0.29, 0.717) is 23.1 Å². The van der Waals surface area contributed by atoms with Gasteiger partial charge in [-0.3, -0.25) is 9.36 Å². The molecule has 1 aromatic carbocycles. The Morgan fingerprint density at radius 2 is 2.04 bits per heavy atom. The highest BCUT2D eigenvalue weighted by Crippen LogP contribution is 2.22. The number of halogens is 1. The van der Waals surface area contributed by atoms with Crippen LogP contribution >= 0.6 is 11.8 Å². The molecule has 0 aliphatic carbocycles. The van der Waals surface area contributed by atoms with Gasteiger partial charge in [0.15, 0.2) is 5.16 Å². The van der Waals surface area contributed by atoms with E-state index < -0.39 is 0 Å². The number of benzene rings is 1. The van der Waals surface area contributed by atoms with Crippen LogP contribution < -0.4 is 5.32 Å². The van der Waals surface area contributed by atoms with Gasteiger partial charge >= 0.3 is 0 Å². The average Bonchev–Trinajstić information content (AvgIpc) is 3.25. The second-order valence-corrected chi connectivity index (χ2v) is 6.49. The Bertz CT molecular complexity index is 887. The Labute approximate surface area is 155 Å². The quantitative estimate of drug-likeness (QED) is 0.511. The lowest BCUT2D eigenvalue weighted by Gasteiger charge is -2.11. The van der Waals surface area contributed by atoms with Gasteiger partial charge < -0.3 is 9.88 Å². The monoisotopic (exact) mass is 373 g/mol. The van der Waals surface area contributed by atoms with Gasteiger partial charge in [-0.25, -0.2) is 14.4 Å². The molecule has 1 N–H and O–H groups in total. The third-order valence-electron chi connectivity index (χ3n) is 4.01. The SMILES string of the molecule is CSc1ncc(C(=O)NCCCn2ccnc2C)n1-c1ccc(F)cc1. The fourth-order valence-corrected chi connectivity index (χ4v) is 3.21. The van der Waals surface area contributed by atoms with Gasteiger partial charge in [0, 0.05) is 31.2 Å². The average molecular weight is 373 g/mol. The van der Waals surface area contributed by atoms with E-state index in [2.05, 4.69) is 15.3 Å². The fraction of sp³-hybridized carbons (Fsp3) is 0.278. The standard InChI is InChI=1S/C18H20FN5OS/c1-13-20-9-11-23(13)10-3-8-21-17(25)16-12-22-18(26-2)24(16)15-6-4-14(19)5-7-15/h4-7,9,11-12H,3,8,10H2,1-2H3,(H,21,25). The minimum Gasteiger partial charge on any atom is -0.351 e. The van der Waals surface area contributed by atoms with Crippen molar-refractivity contribution in [3.8, 4) is 5.69 Å². The Balaban J connectivity index is 1.68. The fourth-order valence-electron chi connectivity index (χ4n) is 2.66. The van der Waals surface area contributed by atoms with E-state index in [1.54, 1.807) is 29.1 Å². The van der Waals surface area contributed by atoms with E-state index in [-0.39, 0.29) is 11.7 Å². The number of imidazole rings is 2. The molecule has 136 valence electrons. The summed E-state index contributed by atoms with van der Waals surface area (Å²) in [6.45, 7) is 3.28. The number of aryl methyl sites for hydroxylation is 2. The lowest BCUT2D eigenvalue weighted by molar-refractivity contribution is 0.0945. The molecule has 0 unspecified atom stereocenters. The molecule has 6 nitrogen and oxygen atoms in total. The summed E-state index contributed by atoms with van der Waals surface area (Å²) in [5.41, 5.74) is 1.13. The molecule has 0 atom stereocenters. The van der Waals surface area contributed by atoms with Crippen LogP contribution in [0, 0.1) is 12.7 Å². The van der Waals surface area contributed by atoms with Crippen LogP contribution in [0.2, 0.25) is 0 Å². The molecule has 8 heteroatoms.